The third-order valence-electron chi connectivity index (χ3n) is 4.69. The molecule has 1 aromatic carbocycles. The van der Waals surface area contributed by atoms with Crippen molar-refractivity contribution in [2.75, 3.05) is 13.1 Å². The van der Waals surface area contributed by atoms with Gasteiger partial charge in [0.15, 0.2) is 0 Å². The lowest BCUT2D eigenvalue weighted by Gasteiger charge is -2.32. The molecule has 0 spiro atoms. The average Bonchev–Trinajstić information content (AvgIpc) is 3.25. The molecule has 0 bridgehead atoms. The van der Waals surface area contributed by atoms with Crippen LogP contribution in [0.1, 0.15) is 48.5 Å². The highest BCUT2D eigenvalue weighted by Gasteiger charge is 2.43. The van der Waals surface area contributed by atoms with Crippen LogP contribution in [0.25, 0.3) is 0 Å². The summed E-state index contributed by atoms with van der Waals surface area (Å²) in [6.07, 6.45) is 3.24. The zero-order valence-electron chi connectivity index (χ0n) is 13.8. The van der Waals surface area contributed by atoms with Gasteiger partial charge in [0.2, 0.25) is 0 Å². The van der Waals surface area contributed by atoms with Gasteiger partial charge in [-0.1, -0.05) is 17.7 Å². The molecule has 3 rings (SSSR count). The fraction of sp³-hybridized carbons (Fsp3) is 0.556. The smallest absolute Gasteiger partial charge is 0.410 e. The normalized spacial score (nSPS) is 20.0. The van der Waals surface area contributed by atoms with Crippen molar-refractivity contribution < 1.29 is 14.3 Å². The van der Waals surface area contributed by atoms with E-state index in [4.69, 9.17) is 4.74 Å². The Morgan fingerprint density at radius 3 is 2.35 bits per heavy atom. The Balaban J connectivity index is 1.46. The molecule has 2 fully saturated rings. The van der Waals surface area contributed by atoms with Gasteiger partial charge < -0.3 is 15.0 Å². The lowest BCUT2D eigenvalue weighted by atomic mass is 10.0. The molecule has 23 heavy (non-hydrogen) atoms. The molecule has 2 amide bonds. The van der Waals surface area contributed by atoms with E-state index in [0.29, 0.717) is 18.7 Å². The number of rotatable bonds is 3. The third kappa shape index (κ3) is 4.03. The molecule has 2 aliphatic rings. The molecule has 1 aromatic rings. The topological polar surface area (TPSA) is 58.6 Å². The van der Waals surface area contributed by atoms with Gasteiger partial charge in [-0.15, -0.1) is 0 Å². The summed E-state index contributed by atoms with van der Waals surface area (Å²) in [5.74, 6) is -0.0449. The first-order valence-electron chi connectivity index (χ1n) is 8.31. The molecule has 0 radical (unpaired) electrons. The van der Waals surface area contributed by atoms with E-state index in [1.165, 1.54) is 0 Å². The molecule has 0 aromatic heterocycles. The summed E-state index contributed by atoms with van der Waals surface area (Å²) in [6.45, 7) is 5.24. The van der Waals surface area contributed by atoms with Crippen LogP contribution in [0.2, 0.25) is 0 Å². The van der Waals surface area contributed by atoms with E-state index in [2.05, 4.69) is 5.32 Å². The first-order chi connectivity index (χ1) is 11.0. The largest absolute Gasteiger partial charge is 0.443 e. The van der Waals surface area contributed by atoms with Crippen molar-refractivity contribution >= 4 is 12.0 Å². The number of hydrogen-bond donors (Lipinski definition) is 1. The highest BCUT2D eigenvalue weighted by molar-refractivity contribution is 5.94. The van der Waals surface area contributed by atoms with Crippen LogP contribution >= 0.6 is 0 Å². The third-order valence-corrected chi connectivity index (χ3v) is 4.69. The van der Waals surface area contributed by atoms with Crippen molar-refractivity contribution in [1.29, 1.82) is 0 Å². The number of ether oxygens (including phenoxy) is 1. The van der Waals surface area contributed by atoms with E-state index >= 15 is 0 Å². The number of aryl methyl sites for hydroxylation is 1. The number of carbonyl (C=O) groups is 2. The van der Waals surface area contributed by atoms with Crippen LogP contribution in [-0.4, -0.2) is 41.6 Å². The molecule has 1 N–H and O–H groups in total. The van der Waals surface area contributed by atoms with Crippen molar-refractivity contribution in [2.45, 2.75) is 51.2 Å². The summed E-state index contributed by atoms with van der Waals surface area (Å²) in [4.78, 5) is 26.0. The number of amides is 2. The first-order valence-corrected chi connectivity index (χ1v) is 8.31. The Bertz CT molecular complexity index is 585. The van der Waals surface area contributed by atoms with Gasteiger partial charge in [0.25, 0.3) is 5.91 Å². The van der Waals surface area contributed by atoms with E-state index in [1.807, 2.05) is 38.1 Å². The standard InChI is InChI=1S/C18H24N2O3/c1-13-3-5-14(6-4-13)16(21)19-15-7-11-20(12-8-15)17(22)23-18(2)9-10-18/h3-6,15H,7-12H2,1-2H3,(H,19,21). The van der Waals surface area contributed by atoms with E-state index < -0.39 is 0 Å². The van der Waals surface area contributed by atoms with Crippen molar-refractivity contribution in [3.05, 3.63) is 35.4 Å². The predicted octanol–water partition coefficient (Wildman–Crippen LogP) is 2.88. The summed E-state index contributed by atoms with van der Waals surface area (Å²) in [7, 11) is 0. The van der Waals surface area contributed by atoms with Gasteiger partial charge >= 0.3 is 6.09 Å². The average molecular weight is 316 g/mol. The molecule has 1 saturated carbocycles. The summed E-state index contributed by atoms with van der Waals surface area (Å²) >= 11 is 0. The second kappa shape index (κ2) is 6.22. The summed E-state index contributed by atoms with van der Waals surface area (Å²) in [5, 5.41) is 3.06. The van der Waals surface area contributed by atoms with Gasteiger partial charge in [-0.2, -0.15) is 0 Å². The zero-order chi connectivity index (χ0) is 16.4. The van der Waals surface area contributed by atoms with Crippen LogP contribution in [0.5, 0.6) is 0 Å². The maximum Gasteiger partial charge on any atom is 0.410 e. The summed E-state index contributed by atoms with van der Waals surface area (Å²) in [5.41, 5.74) is 1.59. The van der Waals surface area contributed by atoms with Crippen LogP contribution in [0.3, 0.4) is 0 Å². The Hall–Kier alpha value is -2.04. The van der Waals surface area contributed by atoms with E-state index in [0.717, 1.165) is 31.2 Å². The van der Waals surface area contributed by atoms with Crippen molar-refractivity contribution in [3.63, 3.8) is 0 Å². The lowest BCUT2D eigenvalue weighted by Crippen LogP contribution is -2.47. The Labute approximate surface area is 137 Å². The number of hydrogen-bond acceptors (Lipinski definition) is 3. The molecule has 1 saturated heterocycles. The summed E-state index contributed by atoms with van der Waals surface area (Å²) in [6, 6.07) is 7.67. The molecule has 0 unspecified atom stereocenters. The number of piperidine rings is 1. The van der Waals surface area contributed by atoms with E-state index in [9.17, 15) is 9.59 Å². The second-order valence-electron chi connectivity index (χ2n) is 6.92. The van der Waals surface area contributed by atoms with E-state index in [1.54, 1.807) is 4.90 Å². The van der Waals surface area contributed by atoms with Gasteiger partial charge in [0, 0.05) is 24.7 Å². The van der Waals surface area contributed by atoms with Crippen LogP contribution in [0.4, 0.5) is 4.79 Å². The monoisotopic (exact) mass is 316 g/mol. The molecule has 1 heterocycles. The first kappa shape index (κ1) is 15.8. The van der Waals surface area contributed by atoms with E-state index in [-0.39, 0.29) is 23.6 Å². The Morgan fingerprint density at radius 1 is 1.17 bits per heavy atom. The molecule has 5 heteroatoms. The highest BCUT2D eigenvalue weighted by Crippen LogP contribution is 2.39. The van der Waals surface area contributed by atoms with Crippen LogP contribution in [-0.2, 0) is 4.74 Å². The number of likely N-dealkylation sites (tertiary alicyclic amines) is 1. The minimum Gasteiger partial charge on any atom is -0.443 e. The number of nitrogens with zero attached hydrogens (tertiary/aromatic N) is 1. The fourth-order valence-corrected chi connectivity index (χ4v) is 2.73. The van der Waals surface area contributed by atoms with Crippen LogP contribution < -0.4 is 5.32 Å². The molecule has 1 aliphatic carbocycles. The summed E-state index contributed by atoms with van der Waals surface area (Å²) < 4.78 is 5.48. The van der Waals surface area contributed by atoms with Gasteiger partial charge in [-0.3, -0.25) is 4.79 Å². The zero-order valence-corrected chi connectivity index (χ0v) is 13.8. The molecule has 0 atom stereocenters. The van der Waals surface area contributed by atoms with Crippen molar-refractivity contribution in [2.24, 2.45) is 0 Å². The molecule has 5 nitrogen and oxygen atoms in total. The molecular weight excluding hydrogens is 292 g/mol. The minimum absolute atomic E-state index is 0.0449. The fourth-order valence-electron chi connectivity index (χ4n) is 2.73. The van der Waals surface area contributed by atoms with Crippen molar-refractivity contribution in [3.8, 4) is 0 Å². The molecule has 124 valence electrons. The minimum atomic E-state index is -0.229. The number of carbonyl (C=O) groups excluding carboxylic acids is 2. The Kier molecular flexibility index (Phi) is 4.28. The maximum absolute atomic E-state index is 12.2. The van der Waals surface area contributed by atoms with Gasteiger partial charge in [0.05, 0.1) is 0 Å². The number of benzene rings is 1. The van der Waals surface area contributed by atoms with Crippen LogP contribution in [0.15, 0.2) is 24.3 Å². The highest BCUT2D eigenvalue weighted by atomic mass is 16.6. The Morgan fingerprint density at radius 2 is 1.78 bits per heavy atom. The SMILES string of the molecule is Cc1ccc(C(=O)NC2CCN(C(=O)OC3(C)CC3)CC2)cc1. The second-order valence-corrected chi connectivity index (χ2v) is 6.92. The van der Waals surface area contributed by atoms with Gasteiger partial charge in [0.1, 0.15) is 5.60 Å². The predicted molar refractivity (Wildman–Crippen MR) is 87.4 cm³/mol. The lowest BCUT2D eigenvalue weighted by molar-refractivity contribution is 0.0508. The molecule has 1 aliphatic heterocycles. The van der Waals surface area contributed by atoms with Crippen LogP contribution in [0, 0.1) is 6.92 Å². The van der Waals surface area contributed by atoms with Crippen molar-refractivity contribution in [1.82, 2.24) is 10.2 Å². The number of nitrogens with one attached hydrogen (secondary N) is 1. The molecular formula is C18H24N2O3. The maximum atomic E-state index is 12.2. The van der Waals surface area contributed by atoms with Gasteiger partial charge in [-0.05, 0) is 51.7 Å². The quantitative estimate of drug-likeness (QED) is 0.933. The van der Waals surface area contributed by atoms with Gasteiger partial charge in [-0.25, -0.2) is 4.79 Å².